The van der Waals surface area contributed by atoms with Crippen LogP contribution in [-0.2, 0) is 0 Å². The molecule has 2 rings (SSSR count). The van der Waals surface area contributed by atoms with Gasteiger partial charge in [-0.1, -0.05) is 0 Å². The number of nitrogens with zero attached hydrogens (tertiary/aromatic N) is 3. The Balaban J connectivity index is 2.58. The molecule has 0 saturated heterocycles. The number of carbonyl (C=O) groups is 1. The maximum atomic E-state index is 11.5. The number of hydrazine groups is 1. The van der Waals surface area contributed by atoms with Crippen molar-refractivity contribution in [3.05, 3.63) is 29.4 Å². The van der Waals surface area contributed by atoms with Gasteiger partial charge in [0, 0.05) is 0 Å². The number of hydrogen-bond acceptors (Lipinski definition) is 6. The molecule has 0 fully saturated rings. The highest BCUT2D eigenvalue weighted by Crippen LogP contribution is 2.22. The summed E-state index contributed by atoms with van der Waals surface area (Å²) in [6, 6.07) is 1.63. The topological polar surface area (TPSA) is 107 Å². The Morgan fingerprint density at radius 1 is 1.41 bits per heavy atom. The van der Waals surface area contributed by atoms with Crippen molar-refractivity contribution in [1.82, 2.24) is 20.6 Å². The zero-order valence-corrected chi connectivity index (χ0v) is 9.39. The number of amides is 1. The number of pyridine rings is 1. The van der Waals surface area contributed by atoms with Crippen LogP contribution in [0, 0.1) is 13.8 Å². The Bertz CT molecular complexity index is 550. The summed E-state index contributed by atoms with van der Waals surface area (Å²) in [5, 5.41) is 7.37. The van der Waals surface area contributed by atoms with Crippen LogP contribution in [0.1, 0.15) is 21.7 Å². The lowest BCUT2D eigenvalue weighted by Crippen LogP contribution is -2.30. The van der Waals surface area contributed by atoms with E-state index in [-0.39, 0.29) is 0 Å². The number of rotatable bonds is 2. The molecule has 0 spiro atoms. The lowest BCUT2D eigenvalue weighted by atomic mass is 10.1. The highest BCUT2D eigenvalue weighted by molar-refractivity contribution is 5.95. The Kier molecular flexibility index (Phi) is 2.84. The molecule has 0 aliphatic carbocycles. The number of aromatic nitrogens is 3. The SMILES string of the molecule is Cc1nc(C)c(-c2nnco2)cc1C(=O)NN. The van der Waals surface area contributed by atoms with Crippen LogP contribution >= 0.6 is 0 Å². The van der Waals surface area contributed by atoms with Gasteiger partial charge in [-0.25, -0.2) is 5.84 Å². The molecule has 88 valence electrons. The van der Waals surface area contributed by atoms with E-state index in [1.807, 2.05) is 0 Å². The van der Waals surface area contributed by atoms with E-state index in [0.29, 0.717) is 28.4 Å². The number of aryl methyl sites for hydroxylation is 2. The van der Waals surface area contributed by atoms with E-state index in [0.717, 1.165) is 0 Å². The minimum Gasteiger partial charge on any atom is -0.423 e. The van der Waals surface area contributed by atoms with Gasteiger partial charge < -0.3 is 4.42 Å². The molecule has 2 heterocycles. The summed E-state index contributed by atoms with van der Waals surface area (Å²) in [4.78, 5) is 15.8. The third kappa shape index (κ3) is 2.00. The molecule has 0 unspecified atom stereocenters. The maximum absolute atomic E-state index is 11.5. The van der Waals surface area contributed by atoms with E-state index in [1.54, 1.807) is 19.9 Å². The van der Waals surface area contributed by atoms with E-state index < -0.39 is 5.91 Å². The molecule has 0 aromatic carbocycles. The average molecular weight is 233 g/mol. The predicted octanol–water partition coefficient (Wildman–Crippen LogP) is 0.352. The molecule has 7 nitrogen and oxygen atoms in total. The molecule has 0 atom stereocenters. The fourth-order valence-electron chi connectivity index (χ4n) is 1.54. The first-order valence-electron chi connectivity index (χ1n) is 4.89. The second-order valence-corrected chi connectivity index (χ2v) is 3.47. The van der Waals surface area contributed by atoms with Gasteiger partial charge in [-0.2, -0.15) is 0 Å². The standard InChI is InChI=1S/C10H11N5O2/c1-5-7(9(16)14-11)3-8(6(2)13-5)10-15-12-4-17-10/h3-4H,11H2,1-2H3,(H,14,16). The zero-order valence-electron chi connectivity index (χ0n) is 9.39. The highest BCUT2D eigenvalue weighted by Gasteiger charge is 2.15. The Morgan fingerprint density at radius 3 is 2.76 bits per heavy atom. The molecule has 3 N–H and O–H groups in total. The molecule has 0 aliphatic heterocycles. The Hall–Kier alpha value is -2.28. The van der Waals surface area contributed by atoms with Gasteiger partial charge in [-0.05, 0) is 19.9 Å². The van der Waals surface area contributed by atoms with Gasteiger partial charge >= 0.3 is 0 Å². The van der Waals surface area contributed by atoms with E-state index in [9.17, 15) is 4.79 Å². The van der Waals surface area contributed by atoms with Crippen LogP contribution in [0.2, 0.25) is 0 Å². The fourth-order valence-corrected chi connectivity index (χ4v) is 1.54. The van der Waals surface area contributed by atoms with Crippen molar-refractivity contribution in [3.63, 3.8) is 0 Å². The zero-order chi connectivity index (χ0) is 12.4. The maximum Gasteiger partial charge on any atom is 0.267 e. The molecule has 7 heteroatoms. The first-order chi connectivity index (χ1) is 8.13. The average Bonchev–Trinajstić information content (AvgIpc) is 2.81. The number of hydrogen-bond donors (Lipinski definition) is 2. The van der Waals surface area contributed by atoms with Crippen LogP contribution in [0.25, 0.3) is 11.5 Å². The second-order valence-electron chi connectivity index (χ2n) is 3.47. The van der Waals surface area contributed by atoms with Crippen molar-refractivity contribution >= 4 is 5.91 Å². The van der Waals surface area contributed by atoms with Gasteiger partial charge in [0.25, 0.3) is 5.91 Å². The number of nitrogen functional groups attached to an aromatic ring is 1. The van der Waals surface area contributed by atoms with E-state index >= 15 is 0 Å². The minimum absolute atomic E-state index is 0.320. The summed E-state index contributed by atoms with van der Waals surface area (Å²) in [6.07, 6.45) is 1.22. The van der Waals surface area contributed by atoms with Gasteiger partial charge in [-0.15, -0.1) is 10.2 Å². The van der Waals surface area contributed by atoms with Crippen molar-refractivity contribution in [1.29, 1.82) is 0 Å². The first kappa shape index (κ1) is 11.2. The summed E-state index contributed by atoms with van der Waals surface area (Å²) in [7, 11) is 0. The molecule has 0 radical (unpaired) electrons. The Morgan fingerprint density at radius 2 is 2.18 bits per heavy atom. The van der Waals surface area contributed by atoms with Gasteiger partial charge in [-0.3, -0.25) is 15.2 Å². The highest BCUT2D eigenvalue weighted by atomic mass is 16.4. The smallest absolute Gasteiger partial charge is 0.267 e. The van der Waals surface area contributed by atoms with Crippen molar-refractivity contribution < 1.29 is 9.21 Å². The molecule has 0 aliphatic rings. The van der Waals surface area contributed by atoms with Gasteiger partial charge in [0.2, 0.25) is 12.3 Å². The van der Waals surface area contributed by atoms with Crippen molar-refractivity contribution in [2.24, 2.45) is 5.84 Å². The molecule has 1 amide bonds. The van der Waals surface area contributed by atoms with Gasteiger partial charge in [0.05, 0.1) is 22.5 Å². The van der Waals surface area contributed by atoms with Crippen LogP contribution in [0.3, 0.4) is 0 Å². The van der Waals surface area contributed by atoms with Crippen molar-refractivity contribution in [2.75, 3.05) is 0 Å². The van der Waals surface area contributed by atoms with Crippen LogP contribution < -0.4 is 11.3 Å². The quantitative estimate of drug-likeness (QED) is 0.440. The third-order valence-electron chi connectivity index (χ3n) is 2.37. The summed E-state index contributed by atoms with van der Waals surface area (Å²) in [5.41, 5.74) is 4.37. The summed E-state index contributed by atoms with van der Waals surface area (Å²) >= 11 is 0. The molecule has 0 saturated carbocycles. The molecule has 2 aromatic heterocycles. The summed E-state index contributed by atoms with van der Waals surface area (Å²) in [5.74, 6) is 5.01. The monoisotopic (exact) mass is 233 g/mol. The van der Waals surface area contributed by atoms with E-state index in [2.05, 4.69) is 20.6 Å². The normalized spacial score (nSPS) is 10.3. The lowest BCUT2D eigenvalue weighted by Gasteiger charge is -2.07. The number of nitrogens with one attached hydrogen (secondary N) is 1. The number of nitrogens with two attached hydrogens (primary N) is 1. The minimum atomic E-state index is -0.407. The van der Waals surface area contributed by atoms with Gasteiger partial charge in [0.1, 0.15) is 0 Å². The predicted molar refractivity (Wildman–Crippen MR) is 58.7 cm³/mol. The fraction of sp³-hybridized carbons (Fsp3) is 0.200. The summed E-state index contributed by atoms with van der Waals surface area (Å²) in [6.45, 7) is 3.53. The molecular weight excluding hydrogens is 222 g/mol. The third-order valence-corrected chi connectivity index (χ3v) is 2.37. The van der Waals surface area contributed by atoms with E-state index in [4.69, 9.17) is 10.3 Å². The number of carbonyl (C=O) groups excluding carboxylic acids is 1. The molecule has 0 bridgehead atoms. The first-order valence-corrected chi connectivity index (χ1v) is 4.89. The van der Waals surface area contributed by atoms with Crippen LogP contribution in [-0.4, -0.2) is 21.1 Å². The second kappa shape index (κ2) is 4.30. The van der Waals surface area contributed by atoms with Crippen LogP contribution in [0.4, 0.5) is 0 Å². The van der Waals surface area contributed by atoms with Crippen molar-refractivity contribution in [3.8, 4) is 11.5 Å². The molecule has 2 aromatic rings. The van der Waals surface area contributed by atoms with Crippen LogP contribution in [0.15, 0.2) is 16.9 Å². The Labute approximate surface area is 97.0 Å². The van der Waals surface area contributed by atoms with Crippen LogP contribution in [0.5, 0.6) is 0 Å². The lowest BCUT2D eigenvalue weighted by molar-refractivity contribution is 0.0952. The molecular formula is C10H11N5O2. The van der Waals surface area contributed by atoms with E-state index in [1.165, 1.54) is 6.39 Å². The molecule has 17 heavy (non-hydrogen) atoms. The van der Waals surface area contributed by atoms with Crippen molar-refractivity contribution in [2.45, 2.75) is 13.8 Å². The van der Waals surface area contributed by atoms with Gasteiger partial charge in [0.15, 0.2) is 0 Å². The largest absolute Gasteiger partial charge is 0.423 e. The summed E-state index contributed by atoms with van der Waals surface area (Å²) < 4.78 is 5.08.